The van der Waals surface area contributed by atoms with Gasteiger partial charge < -0.3 is 24.3 Å². The van der Waals surface area contributed by atoms with Crippen LogP contribution in [0.15, 0.2) is 67.0 Å². The van der Waals surface area contributed by atoms with Crippen LogP contribution in [0.4, 0.5) is 0 Å². The van der Waals surface area contributed by atoms with Gasteiger partial charge in [0.05, 0.1) is 41.4 Å². The number of imidazole rings is 1. The van der Waals surface area contributed by atoms with Gasteiger partial charge >= 0.3 is 0 Å². The molecule has 2 saturated heterocycles. The van der Waals surface area contributed by atoms with Crippen LogP contribution in [-0.2, 0) is 32.2 Å². The number of ether oxygens (including phenoxy) is 2. The van der Waals surface area contributed by atoms with E-state index in [9.17, 15) is 28.8 Å². The van der Waals surface area contributed by atoms with E-state index < -0.39 is 29.7 Å². The van der Waals surface area contributed by atoms with Gasteiger partial charge in [-0.1, -0.05) is 24.3 Å². The lowest BCUT2D eigenvalue weighted by atomic mass is 9.99. The van der Waals surface area contributed by atoms with Crippen molar-refractivity contribution in [2.24, 2.45) is 0 Å². The first kappa shape index (κ1) is 39.6. The maximum atomic E-state index is 13.3. The minimum absolute atomic E-state index is 0.0361. The summed E-state index contributed by atoms with van der Waals surface area (Å²) in [5.74, 6) is -1.01. The van der Waals surface area contributed by atoms with E-state index in [4.69, 9.17) is 19.4 Å². The number of carbonyl (C=O) groups excluding carboxylic acids is 6. The summed E-state index contributed by atoms with van der Waals surface area (Å²) in [4.78, 5) is 93.1. The van der Waals surface area contributed by atoms with Crippen LogP contribution in [0.25, 0.3) is 33.3 Å². The van der Waals surface area contributed by atoms with Crippen molar-refractivity contribution in [2.75, 3.05) is 32.9 Å². The molecule has 6 amide bonds. The van der Waals surface area contributed by atoms with Crippen LogP contribution in [0.2, 0.25) is 0 Å². The van der Waals surface area contributed by atoms with Crippen LogP contribution >= 0.6 is 0 Å². The van der Waals surface area contributed by atoms with E-state index in [0.29, 0.717) is 63.8 Å². The van der Waals surface area contributed by atoms with Gasteiger partial charge in [0, 0.05) is 81.0 Å². The Balaban J connectivity index is 0.813. The standard InChI is InChI=1S/C45H44N8O8/c1-26(54)51-17-18-52-36(25-51)40(50-41(52)27-14-20-60-21-15-27)30-7-4-6-28-22-34(48-24-32(28)30)29-10-11-33(47-23-29)42(56)46-16-2-3-19-61-37-9-5-8-31-39(37)45(59)53(44(31)58)35-12-13-38(55)49-43(35)57/h4-11,22-24,27,35H,2-3,12-21,25H2,1H3,(H,46,56)(H,49,55,57). The highest BCUT2D eigenvalue weighted by Crippen LogP contribution is 2.38. The Labute approximate surface area is 350 Å². The number of piperidine rings is 1. The van der Waals surface area contributed by atoms with Gasteiger partial charge in [0.1, 0.15) is 23.3 Å². The Kier molecular flexibility index (Phi) is 10.8. The molecule has 0 radical (unpaired) electrons. The molecule has 312 valence electrons. The number of nitrogens with zero attached hydrogens (tertiary/aromatic N) is 6. The molecule has 2 fully saturated rings. The monoisotopic (exact) mass is 824 g/mol. The van der Waals surface area contributed by atoms with Crippen molar-refractivity contribution >= 4 is 46.2 Å². The molecular weight excluding hydrogens is 781 g/mol. The Morgan fingerprint density at radius 2 is 1.74 bits per heavy atom. The van der Waals surface area contributed by atoms with Gasteiger partial charge in [-0.05, 0) is 67.8 Å². The van der Waals surface area contributed by atoms with Gasteiger partial charge in [-0.25, -0.2) is 4.98 Å². The molecule has 4 aliphatic rings. The number of pyridine rings is 2. The highest BCUT2D eigenvalue weighted by Gasteiger charge is 2.46. The maximum absolute atomic E-state index is 13.3. The average Bonchev–Trinajstić information content (AvgIpc) is 3.78. The van der Waals surface area contributed by atoms with Crippen LogP contribution in [0, 0.1) is 0 Å². The third-order valence-electron chi connectivity index (χ3n) is 11.9. The summed E-state index contributed by atoms with van der Waals surface area (Å²) in [6, 6.07) is 15.3. The van der Waals surface area contributed by atoms with Gasteiger partial charge in [0.25, 0.3) is 17.7 Å². The molecule has 16 heteroatoms. The number of unbranched alkanes of at least 4 members (excludes halogenated alkanes) is 1. The van der Waals surface area contributed by atoms with E-state index in [1.807, 2.05) is 35.4 Å². The fourth-order valence-corrected chi connectivity index (χ4v) is 8.67. The van der Waals surface area contributed by atoms with Crippen LogP contribution < -0.4 is 15.4 Å². The van der Waals surface area contributed by atoms with Crippen LogP contribution in [0.1, 0.15) is 94.1 Å². The molecule has 16 nitrogen and oxygen atoms in total. The Morgan fingerprint density at radius 1 is 0.918 bits per heavy atom. The number of carbonyl (C=O) groups is 6. The largest absolute Gasteiger partial charge is 0.493 e. The fourth-order valence-electron chi connectivity index (χ4n) is 8.67. The summed E-state index contributed by atoms with van der Waals surface area (Å²) < 4.78 is 13.9. The number of fused-ring (bicyclic) bond motifs is 3. The van der Waals surface area contributed by atoms with Crippen LogP contribution in [0.3, 0.4) is 0 Å². The lowest BCUT2D eigenvalue weighted by Gasteiger charge is -2.30. The molecule has 2 aromatic carbocycles. The zero-order chi connectivity index (χ0) is 42.2. The predicted molar refractivity (Wildman–Crippen MR) is 220 cm³/mol. The van der Waals surface area contributed by atoms with E-state index in [0.717, 1.165) is 56.9 Å². The molecule has 4 aliphatic heterocycles. The maximum Gasteiger partial charge on any atom is 0.269 e. The molecule has 0 spiro atoms. The normalized spacial score (nSPS) is 18.0. The van der Waals surface area contributed by atoms with E-state index in [1.54, 1.807) is 31.3 Å². The Bertz CT molecular complexity index is 2600. The molecule has 0 saturated carbocycles. The van der Waals surface area contributed by atoms with E-state index in [2.05, 4.69) is 26.3 Å². The number of hydrogen-bond donors (Lipinski definition) is 2. The van der Waals surface area contributed by atoms with Crippen molar-refractivity contribution in [1.82, 2.24) is 40.0 Å². The minimum Gasteiger partial charge on any atom is -0.493 e. The molecule has 0 bridgehead atoms. The molecule has 1 atom stereocenters. The smallest absolute Gasteiger partial charge is 0.269 e. The van der Waals surface area contributed by atoms with Gasteiger partial charge in [-0.3, -0.25) is 49.0 Å². The number of nitrogens with one attached hydrogen (secondary N) is 2. The van der Waals surface area contributed by atoms with Crippen molar-refractivity contribution in [3.63, 3.8) is 0 Å². The zero-order valence-electron chi connectivity index (χ0n) is 33.6. The molecular formula is C45H44N8O8. The summed E-state index contributed by atoms with van der Waals surface area (Å²) in [7, 11) is 0. The van der Waals surface area contributed by atoms with Gasteiger partial charge in [0.15, 0.2) is 0 Å². The van der Waals surface area contributed by atoms with E-state index in [1.165, 1.54) is 6.07 Å². The van der Waals surface area contributed by atoms with E-state index >= 15 is 0 Å². The second-order valence-electron chi connectivity index (χ2n) is 15.7. The predicted octanol–water partition coefficient (Wildman–Crippen LogP) is 4.41. The molecule has 0 aliphatic carbocycles. The number of aromatic nitrogens is 4. The van der Waals surface area contributed by atoms with Gasteiger partial charge in [0.2, 0.25) is 17.7 Å². The third-order valence-corrected chi connectivity index (χ3v) is 11.9. The average molecular weight is 825 g/mol. The number of imide groups is 2. The molecule has 1 unspecified atom stereocenters. The lowest BCUT2D eigenvalue weighted by Crippen LogP contribution is -2.54. The first-order valence-corrected chi connectivity index (χ1v) is 20.7. The van der Waals surface area contributed by atoms with E-state index in [-0.39, 0.29) is 53.8 Å². The molecule has 3 aromatic heterocycles. The summed E-state index contributed by atoms with van der Waals surface area (Å²) in [5.41, 5.74) is 4.86. The molecule has 7 heterocycles. The van der Waals surface area contributed by atoms with Crippen molar-refractivity contribution in [1.29, 1.82) is 0 Å². The van der Waals surface area contributed by atoms with Gasteiger partial charge in [-0.15, -0.1) is 0 Å². The number of benzene rings is 2. The number of amides is 6. The van der Waals surface area contributed by atoms with Crippen molar-refractivity contribution in [2.45, 2.75) is 70.5 Å². The molecule has 2 N–H and O–H groups in total. The van der Waals surface area contributed by atoms with Crippen LogP contribution in [-0.4, -0.2) is 104 Å². The quantitative estimate of drug-likeness (QED) is 0.142. The highest BCUT2D eigenvalue weighted by molar-refractivity contribution is 6.24. The van der Waals surface area contributed by atoms with Crippen molar-refractivity contribution in [3.05, 3.63) is 95.3 Å². The molecule has 61 heavy (non-hydrogen) atoms. The third kappa shape index (κ3) is 7.63. The SMILES string of the molecule is CC(=O)N1CCn2c(C3CCOCC3)nc(-c3cccc4cc(-c5ccc(C(=O)NCCCCOc6cccc7c6C(=O)N(C6CCC(=O)NC6=O)C7=O)nc5)ncc34)c2C1. The minimum atomic E-state index is -1.06. The zero-order valence-corrected chi connectivity index (χ0v) is 33.6. The van der Waals surface area contributed by atoms with Crippen LogP contribution in [0.5, 0.6) is 5.75 Å². The summed E-state index contributed by atoms with van der Waals surface area (Å²) in [6.45, 7) is 5.49. The Hall–Kier alpha value is -6.81. The topological polar surface area (TPSA) is 195 Å². The molecule has 9 rings (SSSR count). The van der Waals surface area contributed by atoms with Gasteiger partial charge in [-0.2, -0.15) is 0 Å². The summed E-state index contributed by atoms with van der Waals surface area (Å²) >= 11 is 0. The first-order valence-electron chi connectivity index (χ1n) is 20.7. The molecule has 5 aromatic rings. The number of hydrogen-bond acceptors (Lipinski definition) is 11. The first-order chi connectivity index (χ1) is 29.7. The highest BCUT2D eigenvalue weighted by atomic mass is 16.5. The summed E-state index contributed by atoms with van der Waals surface area (Å²) in [5, 5.41) is 7.01. The van der Waals surface area contributed by atoms with Crippen molar-refractivity contribution in [3.8, 4) is 28.3 Å². The number of rotatable bonds is 11. The fraction of sp³-hybridized carbons (Fsp3) is 0.356. The Morgan fingerprint density at radius 3 is 2.52 bits per heavy atom. The summed E-state index contributed by atoms with van der Waals surface area (Å²) in [6.07, 6.45) is 6.55. The second kappa shape index (κ2) is 16.7. The lowest BCUT2D eigenvalue weighted by molar-refractivity contribution is -0.136. The van der Waals surface area contributed by atoms with Crippen molar-refractivity contribution < 1.29 is 38.2 Å². The second-order valence-corrected chi connectivity index (χ2v) is 15.7.